The van der Waals surface area contributed by atoms with Crippen molar-refractivity contribution in [1.82, 2.24) is 5.32 Å². The van der Waals surface area contributed by atoms with Gasteiger partial charge in [0.25, 0.3) is 5.91 Å². The van der Waals surface area contributed by atoms with Gasteiger partial charge in [-0.25, -0.2) is 4.99 Å². The van der Waals surface area contributed by atoms with Crippen LogP contribution in [0.15, 0.2) is 88.0 Å². The fraction of sp³-hybridized carbons (Fsp3) is 0.355. The second kappa shape index (κ2) is 16.1. The van der Waals surface area contributed by atoms with Gasteiger partial charge in [0.1, 0.15) is 5.75 Å². The average Bonchev–Trinajstić information content (AvgIpc) is 3.45. The molecule has 1 aliphatic heterocycles. The Labute approximate surface area is 259 Å². The lowest BCUT2D eigenvalue weighted by Crippen LogP contribution is -2.51. The highest BCUT2D eigenvalue weighted by Crippen LogP contribution is 2.45. The molecule has 0 radical (unpaired) electrons. The van der Waals surface area contributed by atoms with E-state index in [1.807, 2.05) is 24.3 Å². The van der Waals surface area contributed by atoms with Crippen LogP contribution in [-0.2, 0) is 32.0 Å². The molecule has 0 saturated heterocycles. The monoisotopic (exact) mass is 614 g/mol. The predicted molar refractivity (Wildman–Crippen MR) is 166 cm³/mol. The molecule has 1 heterocycles. The third kappa shape index (κ3) is 7.90. The Morgan fingerprint density at radius 2 is 1.76 bits per heavy atom. The Bertz CT molecular complexity index is 1580. The Morgan fingerprint density at radius 1 is 1.04 bits per heavy atom. The molecule has 0 saturated carbocycles. The number of aliphatic hydroxyl groups excluding tert-OH is 1. The molecule has 45 heavy (non-hydrogen) atoms. The van der Waals surface area contributed by atoms with Gasteiger partial charge < -0.3 is 29.4 Å². The molecule has 0 spiro atoms. The van der Waals surface area contributed by atoms with Crippen molar-refractivity contribution in [1.29, 1.82) is 0 Å². The molecule has 0 bridgehead atoms. The molecule has 1 amide bonds. The SMILES string of the molecule is COC(CNC(=O)[C@]1(Cc2ccccc2CN=[N+]=[N-])N=C(c2ccc(OCCCO)cc2)O[C@@H]1c1ccccc1N=[N+]=[N-])OC. The minimum atomic E-state index is -1.62. The van der Waals surface area contributed by atoms with Crippen LogP contribution in [-0.4, -0.2) is 62.7 Å². The maximum absolute atomic E-state index is 14.4. The molecule has 0 fully saturated rings. The Hall–Kier alpha value is -5.10. The van der Waals surface area contributed by atoms with Crippen LogP contribution >= 0.6 is 0 Å². The summed E-state index contributed by atoms with van der Waals surface area (Å²) < 4.78 is 22.8. The van der Waals surface area contributed by atoms with Gasteiger partial charge in [0.15, 0.2) is 17.9 Å². The molecule has 2 atom stereocenters. The highest BCUT2D eigenvalue weighted by Gasteiger charge is 2.54. The van der Waals surface area contributed by atoms with E-state index in [1.54, 1.807) is 48.5 Å². The van der Waals surface area contributed by atoms with Crippen LogP contribution in [0, 0.1) is 0 Å². The number of carbonyl (C=O) groups excluding carboxylic acids is 1. The van der Waals surface area contributed by atoms with Crippen LogP contribution in [0.1, 0.15) is 34.8 Å². The van der Waals surface area contributed by atoms with Gasteiger partial charge in [-0.1, -0.05) is 58.8 Å². The number of hydrogen-bond acceptors (Lipinski definition) is 9. The number of aliphatic hydroxyl groups is 1. The lowest BCUT2D eigenvalue weighted by Gasteiger charge is -2.32. The van der Waals surface area contributed by atoms with Crippen molar-refractivity contribution in [3.63, 3.8) is 0 Å². The minimum Gasteiger partial charge on any atom is -0.494 e. The maximum atomic E-state index is 14.4. The molecule has 0 unspecified atom stereocenters. The number of hydrogen-bond donors (Lipinski definition) is 2. The van der Waals surface area contributed by atoms with E-state index in [9.17, 15) is 10.3 Å². The topological polar surface area (TPSA) is 196 Å². The quantitative estimate of drug-likeness (QED) is 0.0708. The van der Waals surface area contributed by atoms with Crippen molar-refractivity contribution < 1.29 is 28.8 Å². The summed E-state index contributed by atoms with van der Waals surface area (Å²) in [6.45, 7) is 0.458. The van der Waals surface area contributed by atoms with Gasteiger partial charge in [0.05, 0.1) is 19.7 Å². The van der Waals surface area contributed by atoms with Crippen molar-refractivity contribution in [3.8, 4) is 5.75 Å². The van der Waals surface area contributed by atoms with Crippen LogP contribution in [0.25, 0.3) is 20.9 Å². The average molecular weight is 615 g/mol. The summed E-state index contributed by atoms with van der Waals surface area (Å²) in [4.78, 5) is 25.3. The fourth-order valence-electron chi connectivity index (χ4n) is 4.98. The standard InChI is InChI=1S/C31H34N8O6/c1-42-27(43-2)20-34-30(41)31(18-22-8-3-4-9-23(22)19-35-38-32)28(25-10-5-6-11-26(25)37-39-33)45-29(36-31)21-12-14-24(15-13-21)44-17-7-16-40/h3-6,8-15,27-28,40H,7,16-20H2,1-2H3,(H,34,41)/t28-,31-/m1/s1. The first-order valence-corrected chi connectivity index (χ1v) is 14.2. The molecule has 3 aromatic carbocycles. The molecule has 234 valence electrons. The number of azide groups is 2. The molecule has 4 rings (SSSR count). The number of amides is 1. The normalized spacial score (nSPS) is 17.1. The van der Waals surface area contributed by atoms with Gasteiger partial charge >= 0.3 is 0 Å². The number of nitrogens with zero attached hydrogens (tertiary/aromatic N) is 7. The smallest absolute Gasteiger partial charge is 0.252 e. The van der Waals surface area contributed by atoms with E-state index in [4.69, 9.17) is 34.6 Å². The van der Waals surface area contributed by atoms with Crippen molar-refractivity contribution in [2.24, 2.45) is 15.2 Å². The van der Waals surface area contributed by atoms with Gasteiger partial charge in [0.2, 0.25) is 5.90 Å². The molecular weight excluding hydrogens is 580 g/mol. The van der Waals surface area contributed by atoms with E-state index in [1.165, 1.54) is 14.2 Å². The minimum absolute atomic E-state index is 0.0173. The summed E-state index contributed by atoms with van der Waals surface area (Å²) >= 11 is 0. The zero-order chi connectivity index (χ0) is 32.1. The van der Waals surface area contributed by atoms with E-state index in [0.717, 1.165) is 0 Å². The molecule has 14 nitrogen and oxygen atoms in total. The maximum Gasteiger partial charge on any atom is 0.252 e. The number of rotatable bonds is 16. The molecule has 14 heteroatoms. The second-order valence-electron chi connectivity index (χ2n) is 9.98. The largest absolute Gasteiger partial charge is 0.494 e. The number of nitrogens with one attached hydrogen (secondary N) is 1. The lowest BCUT2D eigenvalue weighted by atomic mass is 9.80. The molecule has 2 N–H and O–H groups in total. The molecular formula is C31H34N8O6. The third-order valence-electron chi connectivity index (χ3n) is 7.24. The first-order chi connectivity index (χ1) is 22.0. The van der Waals surface area contributed by atoms with Crippen molar-refractivity contribution in [2.45, 2.75) is 37.3 Å². The van der Waals surface area contributed by atoms with Crippen LogP contribution in [0.2, 0.25) is 0 Å². The fourth-order valence-corrected chi connectivity index (χ4v) is 4.98. The first-order valence-electron chi connectivity index (χ1n) is 14.2. The zero-order valence-electron chi connectivity index (χ0n) is 24.9. The number of aliphatic imine (C=N–C) groups is 1. The van der Waals surface area contributed by atoms with Crippen LogP contribution < -0.4 is 10.1 Å². The van der Waals surface area contributed by atoms with Gasteiger partial charge in [-0.3, -0.25) is 4.79 Å². The van der Waals surface area contributed by atoms with Crippen molar-refractivity contribution in [3.05, 3.63) is 116 Å². The van der Waals surface area contributed by atoms with Crippen molar-refractivity contribution >= 4 is 17.5 Å². The van der Waals surface area contributed by atoms with Crippen LogP contribution in [0.4, 0.5) is 5.69 Å². The third-order valence-corrected chi connectivity index (χ3v) is 7.24. The zero-order valence-corrected chi connectivity index (χ0v) is 24.9. The van der Waals surface area contributed by atoms with E-state index in [2.05, 4.69) is 25.4 Å². The molecule has 3 aromatic rings. The predicted octanol–water partition coefficient (Wildman–Crippen LogP) is 5.43. The Balaban J connectivity index is 1.87. The summed E-state index contributed by atoms with van der Waals surface area (Å²) in [5, 5.41) is 19.6. The van der Waals surface area contributed by atoms with Crippen LogP contribution in [0.3, 0.4) is 0 Å². The summed E-state index contributed by atoms with van der Waals surface area (Å²) in [6, 6.07) is 21.2. The number of carbonyl (C=O) groups is 1. The first kappa shape index (κ1) is 32.8. The lowest BCUT2D eigenvalue weighted by molar-refractivity contribution is -0.134. The van der Waals surface area contributed by atoms with E-state index < -0.39 is 23.8 Å². The van der Waals surface area contributed by atoms with Crippen LogP contribution in [0.5, 0.6) is 5.75 Å². The Morgan fingerprint density at radius 3 is 2.44 bits per heavy atom. The molecule has 0 aromatic heterocycles. The molecule has 0 aliphatic carbocycles. The van der Waals surface area contributed by atoms with Gasteiger partial charge in [0, 0.05) is 60.3 Å². The van der Waals surface area contributed by atoms with E-state index in [0.29, 0.717) is 41.0 Å². The summed E-state index contributed by atoms with van der Waals surface area (Å²) in [5.41, 5.74) is 19.4. The van der Waals surface area contributed by atoms with E-state index >= 15 is 0 Å². The van der Waals surface area contributed by atoms with Gasteiger partial charge in [-0.2, -0.15) is 0 Å². The highest BCUT2D eigenvalue weighted by molar-refractivity contribution is 6.01. The Kier molecular flexibility index (Phi) is 11.7. The summed E-state index contributed by atoms with van der Waals surface area (Å²) in [5.74, 6) is 0.299. The number of ether oxygens (including phenoxy) is 4. The highest BCUT2D eigenvalue weighted by atomic mass is 16.7. The number of methoxy groups -OCH3 is 2. The van der Waals surface area contributed by atoms with Gasteiger partial charge in [-0.05, 0) is 46.5 Å². The molecule has 1 aliphatic rings. The van der Waals surface area contributed by atoms with Gasteiger partial charge in [-0.15, -0.1) is 0 Å². The van der Waals surface area contributed by atoms with Crippen molar-refractivity contribution in [2.75, 3.05) is 34.0 Å². The summed E-state index contributed by atoms with van der Waals surface area (Å²) in [6.07, 6.45) is -1.22. The summed E-state index contributed by atoms with van der Waals surface area (Å²) in [7, 11) is 2.93. The second-order valence-corrected chi connectivity index (χ2v) is 9.98. The number of benzene rings is 3. The van der Waals surface area contributed by atoms with E-state index in [-0.39, 0.29) is 37.7 Å².